The predicted molar refractivity (Wildman–Crippen MR) is 85.2 cm³/mol. The number of primary amides is 1. The van der Waals surface area contributed by atoms with Crippen molar-refractivity contribution in [1.29, 1.82) is 0 Å². The first-order valence-corrected chi connectivity index (χ1v) is 7.05. The molecule has 0 saturated carbocycles. The fourth-order valence-electron chi connectivity index (χ4n) is 2.12. The highest BCUT2D eigenvalue weighted by molar-refractivity contribution is 5.92. The first-order valence-electron chi connectivity index (χ1n) is 7.05. The minimum absolute atomic E-state index is 0.269. The van der Waals surface area contributed by atoms with Crippen LogP contribution in [-0.4, -0.2) is 40.0 Å². The smallest absolute Gasteiger partial charge is 0.342 e. The van der Waals surface area contributed by atoms with Gasteiger partial charge in [-0.1, -0.05) is 18.7 Å². The van der Waals surface area contributed by atoms with Crippen LogP contribution in [0, 0.1) is 10.1 Å². The molecule has 23 heavy (non-hydrogen) atoms. The van der Waals surface area contributed by atoms with Crippen LogP contribution in [0.15, 0.2) is 24.8 Å². The Morgan fingerprint density at radius 2 is 1.91 bits per heavy atom. The van der Waals surface area contributed by atoms with Gasteiger partial charge in [0.1, 0.15) is 5.56 Å². The first-order chi connectivity index (χ1) is 10.9. The first kappa shape index (κ1) is 18.1. The number of carbonyl (C=O) groups excluding carboxylic acids is 1. The van der Waals surface area contributed by atoms with E-state index < -0.39 is 16.6 Å². The number of hydrogen-bond acceptors (Lipinski definition) is 4. The van der Waals surface area contributed by atoms with Crippen LogP contribution in [0.2, 0.25) is 0 Å². The molecule has 1 aliphatic rings. The molecule has 0 atom stereocenters. The second-order valence-corrected chi connectivity index (χ2v) is 4.93. The number of likely N-dealkylation sites (tertiary alicyclic amines) is 1. The molecule has 1 heterocycles. The lowest BCUT2D eigenvalue weighted by Crippen LogP contribution is -2.39. The summed E-state index contributed by atoms with van der Waals surface area (Å²) in [6.07, 6.45) is 4.88. The van der Waals surface area contributed by atoms with Crippen molar-refractivity contribution >= 4 is 23.8 Å². The summed E-state index contributed by atoms with van der Waals surface area (Å²) in [5.74, 6) is -1.31. The number of amides is 2. The maximum Gasteiger partial charge on any atom is 0.342 e. The molecule has 124 valence electrons. The molecule has 1 fully saturated rings. The maximum absolute atomic E-state index is 10.6. The topological polar surface area (TPSA) is 127 Å². The highest BCUT2D eigenvalue weighted by Crippen LogP contribution is 2.20. The molecule has 1 saturated heterocycles. The van der Waals surface area contributed by atoms with E-state index in [0.717, 1.165) is 25.9 Å². The average molecular weight is 321 g/mol. The third-order valence-corrected chi connectivity index (χ3v) is 3.35. The monoisotopic (exact) mass is 321 g/mol. The molecule has 0 aliphatic carbocycles. The van der Waals surface area contributed by atoms with Crippen LogP contribution in [0.4, 0.5) is 10.5 Å². The molecule has 3 N–H and O–H groups in total. The molecule has 1 aliphatic heterocycles. The number of piperidine rings is 1. The van der Waals surface area contributed by atoms with Gasteiger partial charge in [-0.3, -0.25) is 10.1 Å². The van der Waals surface area contributed by atoms with Gasteiger partial charge in [-0.25, -0.2) is 9.59 Å². The Morgan fingerprint density at radius 3 is 2.30 bits per heavy atom. The SMILES string of the molecule is C=Cc1ccc(C(=O)O)c([N+](=O)[O-])c1.NC(=O)N1CCCCC1. The molecule has 0 unspecified atom stereocenters. The predicted octanol–water partition coefficient (Wildman–Crippen LogP) is 2.49. The third kappa shape index (κ3) is 5.42. The van der Waals surface area contributed by atoms with Crippen molar-refractivity contribution in [2.45, 2.75) is 19.3 Å². The number of urea groups is 1. The molecule has 0 aromatic heterocycles. The molecule has 1 aromatic carbocycles. The van der Waals surface area contributed by atoms with E-state index in [9.17, 15) is 19.7 Å². The van der Waals surface area contributed by atoms with E-state index in [1.54, 1.807) is 4.90 Å². The number of nitrogens with two attached hydrogens (primary N) is 1. The highest BCUT2D eigenvalue weighted by atomic mass is 16.6. The second-order valence-electron chi connectivity index (χ2n) is 4.93. The van der Waals surface area contributed by atoms with Gasteiger partial charge in [-0.15, -0.1) is 0 Å². The number of carbonyl (C=O) groups is 2. The van der Waals surface area contributed by atoms with Crippen LogP contribution in [-0.2, 0) is 0 Å². The summed E-state index contributed by atoms with van der Waals surface area (Å²) in [5, 5.41) is 19.2. The minimum Gasteiger partial charge on any atom is -0.477 e. The van der Waals surface area contributed by atoms with Crippen molar-refractivity contribution < 1.29 is 19.6 Å². The van der Waals surface area contributed by atoms with E-state index in [1.165, 1.54) is 30.7 Å². The highest BCUT2D eigenvalue weighted by Gasteiger charge is 2.19. The van der Waals surface area contributed by atoms with E-state index in [-0.39, 0.29) is 11.6 Å². The van der Waals surface area contributed by atoms with Gasteiger partial charge in [0.15, 0.2) is 0 Å². The normalized spacial score (nSPS) is 13.5. The number of aromatic carboxylic acids is 1. The average Bonchev–Trinajstić information content (AvgIpc) is 2.55. The van der Waals surface area contributed by atoms with Crippen molar-refractivity contribution in [3.8, 4) is 0 Å². The van der Waals surface area contributed by atoms with Crippen molar-refractivity contribution in [2.75, 3.05) is 13.1 Å². The second kappa shape index (κ2) is 8.52. The number of nitrogens with zero attached hydrogens (tertiary/aromatic N) is 2. The van der Waals surface area contributed by atoms with E-state index in [2.05, 4.69) is 6.58 Å². The van der Waals surface area contributed by atoms with Crippen molar-refractivity contribution in [3.63, 3.8) is 0 Å². The zero-order valence-electron chi connectivity index (χ0n) is 12.6. The summed E-state index contributed by atoms with van der Waals surface area (Å²) in [6.45, 7) is 5.15. The number of nitro groups is 1. The Morgan fingerprint density at radius 1 is 1.30 bits per heavy atom. The number of benzene rings is 1. The van der Waals surface area contributed by atoms with Crippen molar-refractivity contribution in [1.82, 2.24) is 4.90 Å². The van der Waals surface area contributed by atoms with Crippen LogP contribution < -0.4 is 5.73 Å². The fraction of sp³-hybridized carbons (Fsp3) is 0.333. The Kier molecular flexibility index (Phi) is 6.72. The molecule has 2 amide bonds. The molecule has 8 nitrogen and oxygen atoms in total. The van der Waals surface area contributed by atoms with Crippen LogP contribution in [0.1, 0.15) is 35.2 Å². The van der Waals surface area contributed by atoms with Gasteiger partial charge in [0, 0.05) is 19.2 Å². The van der Waals surface area contributed by atoms with Crippen molar-refractivity contribution in [3.05, 3.63) is 46.0 Å². The number of carboxylic acid groups (broad SMARTS) is 1. The van der Waals surface area contributed by atoms with Gasteiger partial charge in [0.2, 0.25) is 0 Å². The molecule has 0 bridgehead atoms. The molecular formula is C15H19N3O5. The third-order valence-electron chi connectivity index (χ3n) is 3.35. The van der Waals surface area contributed by atoms with Crippen LogP contribution >= 0.6 is 0 Å². The lowest BCUT2D eigenvalue weighted by Gasteiger charge is -2.24. The summed E-state index contributed by atoms with van der Waals surface area (Å²) in [4.78, 5) is 32.6. The maximum atomic E-state index is 10.6. The molecule has 1 aromatic rings. The summed E-state index contributed by atoms with van der Waals surface area (Å²) in [7, 11) is 0. The summed E-state index contributed by atoms with van der Waals surface area (Å²) >= 11 is 0. The van der Waals surface area contributed by atoms with Gasteiger partial charge >= 0.3 is 12.0 Å². The van der Waals surface area contributed by atoms with Crippen LogP contribution in [0.25, 0.3) is 6.08 Å². The number of nitro benzene ring substituents is 1. The van der Waals surface area contributed by atoms with Crippen LogP contribution in [0.5, 0.6) is 0 Å². The van der Waals surface area contributed by atoms with E-state index in [0.29, 0.717) is 5.56 Å². The summed E-state index contributed by atoms with van der Waals surface area (Å²) in [5.41, 5.74) is 4.83. The summed E-state index contributed by atoms with van der Waals surface area (Å²) < 4.78 is 0. The zero-order chi connectivity index (χ0) is 17.4. The van der Waals surface area contributed by atoms with Gasteiger partial charge in [0.05, 0.1) is 4.92 Å². The molecule has 0 radical (unpaired) electrons. The van der Waals surface area contributed by atoms with E-state index in [1.807, 2.05) is 0 Å². The standard InChI is InChI=1S/C9H7NO4.C6H12N2O/c1-2-6-3-4-7(9(11)12)8(5-6)10(13)14;7-6(9)8-4-2-1-3-5-8/h2-5H,1H2,(H,11,12);1-5H2,(H2,7,9). The Labute approximate surface area is 133 Å². The Bertz CT molecular complexity index is 609. The number of hydrogen-bond donors (Lipinski definition) is 2. The molecule has 8 heteroatoms. The van der Waals surface area contributed by atoms with E-state index >= 15 is 0 Å². The molecule has 0 spiro atoms. The molecule has 2 rings (SSSR count). The van der Waals surface area contributed by atoms with E-state index in [4.69, 9.17) is 10.8 Å². The van der Waals surface area contributed by atoms with Gasteiger partial charge < -0.3 is 15.7 Å². The number of carboxylic acids is 1. The number of rotatable bonds is 3. The minimum atomic E-state index is -1.31. The van der Waals surface area contributed by atoms with Gasteiger partial charge in [-0.05, 0) is 30.9 Å². The largest absolute Gasteiger partial charge is 0.477 e. The lowest BCUT2D eigenvalue weighted by atomic mass is 10.1. The van der Waals surface area contributed by atoms with Gasteiger partial charge in [-0.2, -0.15) is 0 Å². The summed E-state index contributed by atoms with van der Waals surface area (Å²) in [6, 6.07) is 3.56. The Balaban J connectivity index is 0.000000253. The van der Waals surface area contributed by atoms with Crippen LogP contribution in [0.3, 0.4) is 0 Å². The van der Waals surface area contributed by atoms with Gasteiger partial charge in [0.25, 0.3) is 5.69 Å². The Hall–Kier alpha value is -2.90. The fourth-order valence-corrected chi connectivity index (χ4v) is 2.12. The zero-order valence-corrected chi connectivity index (χ0v) is 12.6. The van der Waals surface area contributed by atoms with Crippen molar-refractivity contribution in [2.24, 2.45) is 5.73 Å². The molecular weight excluding hydrogens is 302 g/mol. The lowest BCUT2D eigenvalue weighted by molar-refractivity contribution is -0.385. The quantitative estimate of drug-likeness (QED) is 0.653.